The molecule has 0 aliphatic rings. The van der Waals surface area contributed by atoms with Crippen LogP contribution in [0.15, 0.2) is 66.7 Å². The molecule has 5 rings (SSSR count). The summed E-state index contributed by atoms with van der Waals surface area (Å²) in [6, 6.07) is 22.6. The molecule has 0 spiro atoms. The second-order valence-corrected chi connectivity index (χ2v) is 5.36. The monoisotopic (exact) mass is 284 g/mol. The van der Waals surface area contributed by atoms with Gasteiger partial charge in [-0.05, 0) is 30.3 Å². The summed E-state index contributed by atoms with van der Waals surface area (Å²) in [5.41, 5.74) is 5.12. The van der Waals surface area contributed by atoms with Gasteiger partial charge in [-0.15, -0.1) is 5.10 Å². The van der Waals surface area contributed by atoms with Crippen LogP contribution in [0.25, 0.3) is 38.5 Å². The Labute approximate surface area is 126 Å². The standard InChI is InChI=1S/C18H12N4/c1-2-6-12(7-3-1)22-18-16(20-21-22)11-10-14-13-8-4-5-9-15(13)19-17(14)18/h1-11,19H. The minimum atomic E-state index is 0.892. The smallest absolute Gasteiger partial charge is 0.119 e. The van der Waals surface area contributed by atoms with Crippen molar-refractivity contribution < 1.29 is 0 Å². The molecule has 0 saturated carbocycles. The van der Waals surface area contributed by atoms with Crippen molar-refractivity contribution in [1.82, 2.24) is 20.0 Å². The highest BCUT2D eigenvalue weighted by Gasteiger charge is 2.13. The van der Waals surface area contributed by atoms with Crippen molar-refractivity contribution in [3.63, 3.8) is 0 Å². The molecule has 3 aromatic carbocycles. The Hall–Kier alpha value is -3.14. The zero-order valence-corrected chi connectivity index (χ0v) is 11.7. The predicted molar refractivity (Wildman–Crippen MR) is 88.2 cm³/mol. The van der Waals surface area contributed by atoms with Crippen molar-refractivity contribution in [3.8, 4) is 5.69 Å². The highest BCUT2D eigenvalue weighted by molar-refractivity contribution is 6.15. The third kappa shape index (κ3) is 1.46. The van der Waals surface area contributed by atoms with E-state index in [0.717, 1.165) is 27.8 Å². The molecule has 0 aliphatic carbocycles. The first-order chi connectivity index (χ1) is 10.9. The molecule has 0 radical (unpaired) electrons. The van der Waals surface area contributed by atoms with E-state index in [1.54, 1.807) is 0 Å². The summed E-state index contributed by atoms with van der Waals surface area (Å²) in [4.78, 5) is 3.52. The number of hydrogen-bond donors (Lipinski definition) is 1. The number of rotatable bonds is 1. The Kier molecular flexibility index (Phi) is 2.19. The van der Waals surface area contributed by atoms with Gasteiger partial charge >= 0.3 is 0 Å². The maximum atomic E-state index is 4.33. The molecule has 0 unspecified atom stereocenters. The maximum Gasteiger partial charge on any atom is 0.119 e. The number of H-pyrrole nitrogens is 1. The quantitative estimate of drug-likeness (QED) is 0.504. The maximum absolute atomic E-state index is 4.33. The van der Waals surface area contributed by atoms with Crippen LogP contribution < -0.4 is 0 Å². The van der Waals surface area contributed by atoms with Gasteiger partial charge in [0.1, 0.15) is 11.0 Å². The molecule has 104 valence electrons. The van der Waals surface area contributed by atoms with Gasteiger partial charge in [0.2, 0.25) is 0 Å². The van der Waals surface area contributed by atoms with Crippen molar-refractivity contribution in [2.45, 2.75) is 0 Å². The van der Waals surface area contributed by atoms with Gasteiger partial charge in [-0.1, -0.05) is 41.6 Å². The predicted octanol–water partition coefficient (Wildman–Crippen LogP) is 4.06. The van der Waals surface area contributed by atoms with Gasteiger partial charge in [-0.3, -0.25) is 0 Å². The van der Waals surface area contributed by atoms with Crippen LogP contribution in [-0.2, 0) is 0 Å². The van der Waals surface area contributed by atoms with Gasteiger partial charge in [-0.25, -0.2) is 4.68 Å². The topological polar surface area (TPSA) is 46.5 Å². The zero-order valence-electron chi connectivity index (χ0n) is 11.7. The first-order valence-electron chi connectivity index (χ1n) is 7.22. The van der Waals surface area contributed by atoms with Crippen LogP contribution in [-0.4, -0.2) is 20.0 Å². The highest BCUT2D eigenvalue weighted by atomic mass is 15.4. The number of nitrogens with one attached hydrogen (secondary N) is 1. The summed E-state index contributed by atoms with van der Waals surface area (Å²) < 4.78 is 1.90. The summed E-state index contributed by atoms with van der Waals surface area (Å²) in [5, 5.41) is 11.1. The highest BCUT2D eigenvalue weighted by Crippen LogP contribution is 2.31. The minimum absolute atomic E-state index is 0.892. The first kappa shape index (κ1) is 11.5. The molecule has 2 heterocycles. The number of aromatic nitrogens is 4. The lowest BCUT2D eigenvalue weighted by Gasteiger charge is -2.02. The average Bonchev–Trinajstić information content (AvgIpc) is 3.16. The van der Waals surface area contributed by atoms with Gasteiger partial charge in [0.15, 0.2) is 0 Å². The average molecular weight is 284 g/mol. The van der Waals surface area contributed by atoms with Crippen molar-refractivity contribution in [2.75, 3.05) is 0 Å². The van der Waals surface area contributed by atoms with E-state index in [1.807, 2.05) is 47.1 Å². The number of fused-ring (bicyclic) bond motifs is 5. The molecule has 4 heteroatoms. The molecular formula is C18H12N4. The Balaban J connectivity index is 1.97. The lowest BCUT2D eigenvalue weighted by Crippen LogP contribution is -1.96. The molecule has 0 bridgehead atoms. The Bertz CT molecular complexity index is 1120. The minimum Gasteiger partial charge on any atom is -0.353 e. The third-order valence-electron chi connectivity index (χ3n) is 4.09. The van der Waals surface area contributed by atoms with Gasteiger partial charge in [0.25, 0.3) is 0 Å². The molecule has 0 amide bonds. The molecule has 0 aliphatic heterocycles. The van der Waals surface area contributed by atoms with Crippen molar-refractivity contribution in [1.29, 1.82) is 0 Å². The van der Waals surface area contributed by atoms with Gasteiger partial charge in [-0.2, -0.15) is 0 Å². The number of nitrogens with zero attached hydrogens (tertiary/aromatic N) is 3. The third-order valence-corrected chi connectivity index (χ3v) is 4.09. The van der Waals surface area contributed by atoms with Crippen LogP contribution in [0.1, 0.15) is 0 Å². The Morgan fingerprint density at radius 3 is 2.50 bits per heavy atom. The van der Waals surface area contributed by atoms with Gasteiger partial charge < -0.3 is 4.98 Å². The lowest BCUT2D eigenvalue weighted by atomic mass is 10.1. The number of benzene rings is 3. The van der Waals surface area contributed by atoms with Crippen LogP contribution in [0.5, 0.6) is 0 Å². The number of para-hydroxylation sites is 2. The van der Waals surface area contributed by atoms with Crippen LogP contribution in [0.3, 0.4) is 0 Å². The fourth-order valence-electron chi connectivity index (χ4n) is 3.08. The van der Waals surface area contributed by atoms with E-state index in [9.17, 15) is 0 Å². The fourth-order valence-corrected chi connectivity index (χ4v) is 3.08. The Morgan fingerprint density at radius 2 is 1.59 bits per heavy atom. The summed E-state index contributed by atoms with van der Waals surface area (Å²) >= 11 is 0. The second-order valence-electron chi connectivity index (χ2n) is 5.36. The molecule has 4 nitrogen and oxygen atoms in total. The fraction of sp³-hybridized carbons (Fsp3) is 0. The number of hydrogen-bond acceptors (Lipinski definition) is 2. The first-order valence-corrected chi connectivity index (χ1v) is 7.22. The summed E-state index contributed by atoms with van der Waals surface area (Å²) in [5.74, 6) is 0. The molecule has 1 N–H and O–H groups in total. The molecule has 2 aromatic heterocycles. The number of aromatic amines is 1. The van der Waals surface area contributed by atoms with E-state index < -0.39 is 0 Å². The van der Waals surface area contributed by atoms with E-state index in [2.05, 4.69) is 39.6 Å². The van der Waals surface area contributed by atoms with Crippen LogP contribution in [0.2, 0.25) is 0 Å². The second kappa shape index (κ2) is 4.18. The summed E-state index contributed by atoms with van der Waals surface area (Å²) in [6.07, 6.45) is 0. The van der Waals surface area contributed by atoms with E-state index in [0.29, 0.717) is 0 Å². The molecule has 0 atom stereocenters. The van der Waals surface area contributed by atoms with Crippen LogP contribution in [0, 0.1) is 0 Å². The largest absolute Gasteiger partial charge is 0.353 e. The van der Waals surface area contributed by atoms with Crippen LogP contribution in [0.4, 0.5) is 0 Å². The molecule has 0 saturated heterocycles. The van der Waals surface area contributed by atoms with Gasteiger partial charge in [0, 0.05) is 16.3 Å². The Morgan fingerprint density at radius 1 is 0.773 bits per heavy atom. The molecule has 0 fully saturated rings. The normalized spacial score (nSPS) is 11.6. The summed E-state index contributed by atoms with van der Waals surface area (Å²) in [7, 11) is 0. The molecule has 22 heavy (non-hydrogen) atoms. The van der Waals surface area contributed by atoms with Crippen molar-refractivity contribution in [2.24, 2.45) is 0 Å². The molecular weight excluding hydrogens is 272 g/mol. The molecule has 5 aromatic rings. The van der Waals surface area contributed by atoms with E-state index in [1.165, 1.54) is 10.8 Å². The van der Waals surface area contributed by atoms with Crippen molar-refractivity contribution in [3.05, 3.63) is 66.7 Å². The van der Waals surface area contributed by atoms with Crippen LogP contribution >= 0.6 is 0 Å². The van der Waals surface area contributed by atoms with E-state index in [4.69, 9.17) is 0 Å². The van der Waals surface area contributed by atoms with E-state index in [-0.39, 0.29) is 0 Å². The zero-order chi connectivity index (χ0) is 14.5. The SMILES string of the molecule is c1ccc(-n2nnc3ccc4c5ccccc5[nH]c4c32)cc1. The lowest BCUT2D eigenvalue weighted by molar-refractivity contribution is 0.825. The van der Waals surface area contributed by atoms with Gasteiger partial charge in [0.05, 0.1) is 11.2 Å². The van der Waals surface area contributed by atoms with E-state index >= 15 is 0 Å². The summed E-state index contributed by atoms with van der Waals surface area (Å²) in [6.45, 7) is 0. The van der Waals surface area contributed by atoms with Crippen molar-refractivity contribution >= 4 is 32.8 Å².